The fourth-order valence-corrected chi connectivity index (χ4v) is 2.47. The van der Waals surface area contributed by atoms with Crippen molar-refractivity contribution in [2.24, 2.45) is 0 Å². The first-order valence-corrected chi connectivity index (χ1v) is 7.14. The maximum Gasteiger partial charge on any atom is 0.275 e. The van der Waals surface area contributed by atoms with E-state index in [1.807, 2.05) is 39.1 Å². The summed E-state index contributed by atoms with van der Waals surface area (Å²) in [4.78, 5) is 12.8. The summed E-state index contributed by atoms with van der Waals surface area (Å²) in [6.07, 6.45) is 0. The number of methoxy groups -OCH3 is 1. The van der Waals surface area contributed by atoms with E-state index >= 15 is 0 Å². The molecular formula is C14H22BrN2O2+. The minimum atomic E-state index is 0.0834. The van der Waals surface area contributed by atoms with Gasteiger partial charge in [-0.3, -0.25) is 4.79 Å². The van der Waals surface area contributed by atoms with Crippen molar-refractivity contribution >= 4 is 21.8 Å². The van der Waals surface area contributed by atoms with Gasteiger partial charge in [-0.1, -0.05) is 0 Å². The van der Waals surface area contributed by atoms with Gasteiger partial charge >= 0.3 is 0 Å². The molecule has 0 radical (unpaired) electrons. The Morgan fingerprint density at radius 1 is 1.47 bits per heavy atom. The van der Waals surface area contributed by atoms with E-state index in [4.69, 9.17) is 4.74 Å². The molecule has 1 aromatic carbocycles. The minimum Gasteiger partial charge on any atom is -0.496 e. The van der Waals surface area contributed by atoms with Gasteiger partial charge in [-0.2, -0.15) is 0 Å². The average Bonchev–Trinajstić information content (AvgIpc) is 2.27. The molecule has 1 rings (SSSR count). The molecule has 0 aliphatic heterocycles. The predicted octanol–water partition coefficient (Wildman–Crippen LogP) is 0.997. The van der Waals surface area contributed by atoms with Crippen molar-refractivity contribution in [3.8, 4) is 5.75 Å². The van der Waals surface area contributed by atoms with Gasteiger partial charge in [-0.05, 0) is 48.0 Å². The van der Waals surface area contributed by atoms with Gasteiger partial charge < -0.3 is 15.0 Å². The van der Waals surface area contributed by atoms with E-state index in [9.17, 15) is 4.79 Å². The van der Waals surface area contributed by atoms with E-state index in [1.54, 1.807) is 7.11 Å². The molecule has 0 spiro atoms. The number of quaternary nitrogens is 1. The third-order valence-corrected chi connectivity index (χ3v) is 3.25. The zero-order valence-electron chi connectivity index (χ0n) is 11.9. The number of rotatable bonds is 6. The zero-order valence-corrected chi connectivity index (χ0v) is 13.5. The summed E-state index contributed by atoms with van der Waals surface area (Å²) in [5, 5.41) is 2.90. The Morgan fingerprint density at radius 3 is 2.68 bits per heavy atom. The lowest BCUT2D eigenvalue weighted by molar-refractivity contribution is -0.885. The molecule has 0 aliphatic carbocycles. The first-order chi connectivity index (χ1) is 8.92. The summed E-state index contributed by atoms with van der Waals surface area (Å²) in [5.41, 5.74) is 1.17. The molecule has 0 saturated carbocycles. The second kappa shape index (κ2) is 7.50. The molecule has 0 bridgehead atoms. The van der Waals surface area contributed by atoms with Crippen LogP contribution in [0.3, 0.4) is 0 Å². The van der Waals surface area contributed by atoms with Crippen molar-refractivity contribution in [2.45, 2.75) is 26.4 Å². The highest BCUT2D eigenvalue weighted by atomic mass is 79.9. The lowest BCUT2D eigenvalue weighted by Gasteiger charge is -2.15. The standard InChI is InChI=1S/C14H21BrN2O2/c1-10(2)16-14(18)9-17(3)8-11-5-6-13(19-4)12(15)7-11/h5-7,10H,8-9H2,1-4H3,(H,16,18)/p+1. The van der Waals surface area contributed by atoms with Crippen molar-refractivity contribution in [1.29, 1.82) is 0 Å². The van der Waals surface area contributed by atoms with E-state index < -0.39 is 0 Å². The summed E-state index contributed by atoms with van der Waals surface area (Å²) in [5.74, 6) is 0.902. The molecule has 0 heterocycles. The third-order valence-electron chi connectivity index (χ3n) is 2.63. The smallest absolute Gasteiger partial charge is 0.275 e. The normalized spacial score (nSPS) is 12.3. The molecule has 1 unspecified atom stereocenters. The van der Waals surface area contributed by atoms with Crippen LogP contribution in [0.2, 0.25) is 0 Å². The van der Waals surface area contributed by atoms with E-state index in [2.05, 4.69) is 21.2 Å². The molecule has 1 amide bonds. The maximum atomic E-state index is 11.7. The van der Waals surface area contributed by atoms with Crippen molar-refractivity contribution in [3.63, 3.8) is 0 Å². The van der Waals surface area contributed by atoms with Crippen LogP contribution < -0.4 is 15.0 Å². The lowest BCUT2D eigenvalue weighted by atomic mass is 10.2. The van der Waals surface area contributed by atoms with Gasteiger partial charge in [0, 0.05) is 11.6 Å². The second-order valence-corrected chi connectivity index (χ2v) is 5.86. The average molecular weight is 330 g/mol. The van der Waals surface area contributed by atoms with Crippen LogP contribution in [0.4, 0.5) is 0 Å². The SMILES string of the molecule is COc1ccc(C[NH+](C)CC(=O)NC(C)C)cc1Br. The topological polar surface area (TPSA) is 42.8 Å². The molecule has 0 fully saturated rings. The maximum absolute atomic E-state index is 11.7. The first-order valence-electron chi connectivity index (χ1n) is 6.35. The molecule has 19 heavy (non-hydrogen) atoms. The van der Waals surface area contributed by atoms with Gasteiger partial charge in [0.15, 0.2) is 6.54 Å². The third kappa shape index (κ3) is 5.61. The number of likely N-dealkylation sites (N-methyl/N-ethyl adjacent to an activating group) is 1. The summed E-state index contributed by atoms with van der Waals surface area (Å²) in [7, 11) is 3.66. The van der Waals surface area contributed by atoms with E-state index in [1.165, 1.54) is 5.56 Å². The molecule has 5 heteroatoms. The number of hydrogen-bond donors (Lipinski definition) is 2. The lowest BCUT2D eigenvalue weighted by Crippen LogP contribution is -3.09. The Hall–Kier alpha value is -1.07. The highest BCUT2D eigenvalue weighted by molar-refractivity contribution is 9.10. The number of nitrogens with one attached hydrogen (secondary N) is 2. The highest BCUT2D eigenvalue weighted by Gasteiger charge is 2.12. The highest BCUT2D eigenvalue weighted by Crippen LogP contribution is 2.25. The van der Waals surface area contributed by atoms with Crippen LogP contribution in [0, 0.1) is 0 Å². The van der Waals surface area contributed by atoms with Gasteiger partial charge in [0.25, 0.3) is 5.91 Å². The fourth-order valence-electron chi connectivity index (χ4n) is 1.88. The number of amides is 1. The van der Waals surface area contributed by atoms with Crippen molar-refractivity contribution < 1.29 is 14.4 Å². The Morgan fingerprint density at radius 2 is 2.16 bits per heavy atom. The largest absolute Gasteiger partial charge is 0.496 e. The molecule has 0 aliphatic rings. The molecule has 1 atom stereocenters. The van der Waals surface area contributed by atoms with Crippen LogP contribution in [0.1, 0.15) is 19.4 Å². The molecule has 106 valence electrons. The monoisotopic (exact) mass is 329 g/mol. The van der Waals surface area contributed by atoms with Gasteiger partial charge in [-0.25, -0.2) is 0 Å². The summed E-state index contributed by atoms with van der Waals surface area (Å²) >= 11 is 3.47. The number of carbonyl (C=O) groups excluding carboxylic acids is 1. The van der Waals surface area contributed by atoms with Crippen molar-refractivity contribution in [1.82, 2.24) is 5.32 Å². The zero-order chi connectivity index (χ0) is 14.4. The molecule has 0 aromatic heterocycles. The summed E-state index contributed by atoms with van der Waals surface area (Å²) in [6.45, 7) is 5.21. The van der Waals surface area contributed by atoms with Gasteiger partial charge in [-0.15, -0.1) is 0 Å². The fraction of sp³-hybridized carbons (Fsp3) is 0.500. The first kappa shape index (κ1) is 16.0. The van der Waals surface area contributed by atoms with Crippen LogP contribution in [-0.2, 0) is 11.3 Å². The van der Waals surface area contributed by atoms with Crippen LogP contribution in [0.25, 0.3) is 0 Å². The Balaban J connectivity index is 2.54. The Kier molecular flexibility index (Phi) is 6.31. The summed E-state index contributed by atoms with van der Waals surface area (Å²) in [6, 6.07) is 6.17. The minimum absolute atomic E-state index is 0.0834. The van der Waals surface area contributed by atoms with Crippen molar-refractivity contribution in [2.75, 3.05) is 20.7 Å². The van der Waals surface area contributed by atoms with Gasteiger partial charge in [0.05, 0.1) is 18.6 Å². The van der Waals surface area contributed by atoms with Crippen LogP contribution in [-0.4, -0.2) is 32.7 Å². The number of benzene rings is 1. The predicted molar refractivity (Wildman–Crippen MR) is 79.4 cm³/mol. The van der Waals surface area contributed by atoms with Crippen LogP contribution in [0.5, 0.6) is 5.75 Å². The molecule has 0 saturated heterocycles. The van der Waals surface area contributed by atoms with Crippen LogP contribution >= 0.6 is 15.9 Å². The second-order valence-electron chi connectivity index (χ2n) is 5.00. The van der Waals surface area contributed by atoms with Gasteiger partial charge in [0.2, 0.25) is 0 Å². The number of halogens is 1. The van der Waals surface area contributed by atoms with Crippen LogP contribution in [0.15, 0.2) is 22.7 Å². The summed E-state index contributed by atoms with van der Waals surface area (Å²) < 4.78 is 6.13. The Bertz CT molecular complexity index is 435. The quantitative estimate of drug-likeness (QED) is 0.817. The number of hydrogen-bond acceptors (Lipinski definition) is 2. The van der Waals surface area contributed by atoms with E-state index in [0.717, 1.165) is 21.7 Å². The number of ether oxygens (including phenoxy) is 1. The molecule has 4 nitrogen and oxygen atoms in total. The van der Waals surface area contributed by atoms with Gasteiger partial charge in [0.1, 0.15) is 12.3 Å². The molecular weight excluding hydrogens is 308 g/mol. The number of carbonyl (C=O) groups is 1. The Labute approximate surface area is 123 Å². The molecule has 1 aromatic rings. The van der Waals surface area contributed by atoms with Crippen molar-refractivity contribution in [3.05, 3.63) is 28.2 Å². The molecule has 2 N–H and O–H groups in total. The van der Waals surface area contributed by atoms with E-state index in [-0.39, 0.29) is 11.9 Å². The van der Waals surface area contributed by atoms with E-state index in [0.29, 0.717) is 6.54 Å².